The highest BCUT2D eigenvalue weighted by Crippen LogP contribution is 2.42. The molecule has 0 bridgehead atoms. The maximum atomic E-state index is 9.62. The van der Waals surface area contributed by atoms with Crippen molar-refractivity contribution in [1.82, 2.24) is 4.57 Å². The standard InChI is InChI=1S/C30H16BrNO2.C18H8BrIO2.C13H10.C3H6O.H2/c31-24-9-5-8-20-22-15-28-23(16-29(22)34-30(20)24)21-14-17(12-13-27(21)33-28)32-25-10-3-1-6-18(25)19-7-2-4-11-26(19)32;19-14-3-1-2-10-12-7-16-13(8-17(12)22-18(10)14)11-6-9(20)4-5-15(11)21-16;1-3-7-12-10(5-1)9-11-6-2-4-8-13(11)12;1-3(2)4;/h1-16H;1-8H;1-8H,9H2;1-2H3;1H/i;;;1D;. The monoisotopic (exact) mass is 1190 g/mol. The van der Waals surface area contributed by atoms with Crippen LogP contribution in [0.25, 0.3) is 126 Å². The van der Waals surface area contributed by atoms with Crippen LogP contribution >= 0.6 is 54.5 Å². The summed E-state index contributed by atoms with van der Waals surface area (Å²) in [7, 11) is 0. The maximum Gasteiger partial charge on any atom is 0.149 e. The second-order valence-corrected chi connectivity index (χ2v) is 21.2. The third-order valence-electron chi connectivity index (χ3n) is 13.6. The zero-order valence-electron chi connectivity index (χ0n) is 40.0. The zero-order valence-corrected chi connectivity index (χ0v) is 44.3. The second kappa shape index (κ2) is 18.2. The zero-order chi connectivity index (χ0) is 50.2. The lowest BCUT2D eigenvalue weighted by atomic mass is 10.1. The first-order chi connectivity index (χ1) is 36.2. The van der Waals surface area contributed by atoms with Crippen molar-refractivity contribution in [2.24, 2.45) is 0 Å². The van der Waals surface area contributed by atoms with E-state index in [2.05, 4.69) is 223 Å². The van der Waals surface area contributed by atoms with Gasteiger partial charge in [0.2, 0.25) is 0 Å². The van der Waals surface area contributed by atoms with E-state index in [1.54, 1.807) is 0 Å². The lowest BCUT2D eigenvalue weighted by Crippen LogP contribution is -1.93. The molecular weight excluding hydrogens is 1150 g/mol. The van der Waals surface area contributed by atoms with Gasteiger partial charge in [0, 0.05) is 65.9 Å². The van der Waals surface area contributed by atoms with Crippen molar-refractivity contribution in [2.75, 3.05) is 0 Å². The first kappa shape index (κ1) is 44.3. The number of carbonyl (C=O) groups is 1. The molecule has 9 heteroatoms. The number of ketones is 1. The molecule has 0 saturated heterocycles. The Labute approximate surface area is 451 Å². The fourth-order valence-electron chi connectivity index (χ4n) is 10.4. The van der Waals surface area contributed by atoms with Crippen molar-refractivity contribution < 1.29 is 25.3 Å². The summed E-state index contributed by atoms with van der Waals surface area (Å²) >= 11 is 9.49. The van der Waals surface area contributed by atoms with Gasteiger partial charge in [-0.25, -0.2) is 0 Å². The number of aromatic nitrogens is 1. The van der Waals surface area contributed by atoms with E-state index in [9.17, 15) is 4.79 Å². The second-order valence-electron chi connectivity index (χ2n) is 18.2. The van der Waals surface area contributed by atoms with Crippen molar-refractivity contribution in [3.63, 3.8) is 0 Å². The van der Waals surface area contributed by atoms with Gasteiger partial charge < -0.3 is 27.0 Å². The molecule has 0 unspecified atom stereocenters. The number of hydrogen-bond donors (Lipinski definition) is 0. The highest BCUT2D eigenvalue weighted by molar-refractivity contribution is 14.1. The van der Waals surface area contributed by atoms with Crippen LogP contribution in [0.15, 0.2) is 221 Å². The number of furan rings is 4. The van der Waals surface area contributed by atoms with E-state index < -0.39 is 0 Å². The third-order valence-corrected chi connectivity index (χ3v) is 15.5. The fourth-order valence-corrected chi connectivity index (χ4v) is 11.8. The van der Waals surface area contributed by atoms with Gasteiger partial charge in [0.05, 0.1) is 20.0 Å². The average molecular weight is 1190 g/mol. The molecule has 1 aliphatic rings. The Balaban J connectivity index is 0.000000118. The molecule has 6 nitrogen and oxygen atoms in total. The van der Waals surface area contributed by atoms with E-state index >= 15 is 0 Å². The molecule has 0 saturated carbocycles. The van der Waals surface area contributed by atoms with Gasteiger partial charge in [-0.3, -0.25) is 0 Å². The van der Waals surface area contributed by atoms with Crippen molar-refractivity contribution >= 4 is 170 Å². The fraction of sp³-hybridized carbons (Fsp3) is 0.0469. The molecule has 0 fully saturated rings. The number of hydrogen-bond acceptors (Lipinski definition) is 5. The van der Waals surface area contributed by atoms with Crippen molar-refractivity contribution in [3.05, 3.63) is 218 Å². The normalized spacial score (nSPS) is 12.1. The van der Waals surface area contributed by atoms with E-state index in [4.69, 9.17) is 19.0 Å². The molecule has 10 aromatic carbocycles. The molecule has 1 aliphatic carbocycles. The molecule has 15 aromatic rings. The molecule has 16 rings (SSSR count). The average Bonchev–Trinajstić information content (AvgIpc) is 4.29. The summed E-state index contributed by atoms with van der Waals surface area (Å²) < 4.78 is 36.3. The Kier molecular flexibility index (Phi) is 11.1. The number of fused-ring (bicyclic) bond motifs is 18. The van der Waals surface area contributed by atoms with Gasteiger partial charge >= 0.3 is 0 Å². The van der Waals surface area contributed by atoms with Crippen molar-refractivity contribution in [1.29, 1.82) is 0 Å². The van der Waals surface area contributed by atoms with Crippen LogP contribution in [0.4, 0.5) is 0 Å². The molecule has 5 aromatic heterocycles. The van der Waals surface area contributed by atoms with E-state index in [1.807, 2.05) is 30.3 Å². The minimum Gasteiger partial charge on any atom is -0.456 e. The Morgan fingerprint density at radius 2 is 0.877 bits per heavy atom. The molecule has 73 heavy (non-hydrogen) atoms. The topological polar surface area (TPSA) is 74.6 Å². The van der Waals surface area contributed by atoms with Crippen LogP contribution in [-0.2, 0) is 11.2 Å². The highest BCUT2D eigenvalue weighted by Gasteiger charge is 2.19. The number of benzene rings is 10. The first-order valence-electron chi connectivity index (χ1n) is 24.4. The molecule has 0 aliphatic heterocycles. The molecule has 0 spiro atoms. The minimum absolute atomic E-state index is 0. The summed E-state index contributed by atoms with van der Waals surface area (Å²) in [6, 6.07) is 67.7. The van der Waals surface area contributed by atoms with Gasteiger partial charge in [0.1, 0.15) is 50.4 Å². The predicted molar refractivity (Wildman–Crippen MR) is 318 cm³/mol. The van der Waals surface area contributed by atoms with Gasteiger partial charge in [-0.2, -0.15) is 0 Å². The van der Waals surface area contributed by atoms with Crippen LogP contribution in [0.1, 0.15) is 27.7 Å². The summed E-state index contributed by atoms with van der Waals surface area (Å²) in [6.45, 7) is 1.31. The smallest absolute Gasteiger partial charge is 0.149 e. The van der Waals surface area contributed by atoms with Crippen LogP contribution in [0, 0.1) is 3.57 Å². The van der Waals surface area contributed by atoms with Crippen LogP contribution in [0.3, 0.4) is 0 Å². The molecule has 5 heterocycles. The van der Waals surface area contributed by atoms with Crippen LogP contribution < -0.4 is 0 Å². The summed E-state index contributed by atoms with van der Waals surface area (Å²) in [6.07, 6.45) is 1.10. The van der Waals surface area contributed by atoms with E-state index in [1.165, 1.54) is 54.6 Å². The summed E-state index contributed by atoms with van der Waals surface area (Å²) in [4.78, 5) is 9.62. The Hall–Kier alpha value is -7.44. The van der Waals surface area contributed by atoms with Crippen LogP contribution in [0.2, 0.25) is 0 Å². The highest BCUT2D eigenvalue weighted by atomic mass is 127. The summed E-state index contributed by atoms with van der Waals surface area (Å²) in [5.41, 5.74) is 16.3. The number of halogens is 3. The minimum atomic E-state index is -0.0833. The van der Waals surface area contributed by atoms with Crippen LogP contribution in [0.5, 0.6) is 0 Å². The van der Waals surface area contributed by atoms with E-state index in [-0.39, 0.29) is 14.1 Å². The number of nitrogens with zero attached hydrogens (tertiary/aromatic N) is 1. The van der Waals surface area contributed by atoms with Crippen LogP contribution in [-0.4, -0.2) is 10.4 Å². The Bertz CT molecular complexity index is 4640. The molecule has 0 radical (unpaired) electrons. The lowest BCUT2D eigenvalue weighted by Gasteiger charge is -2.07. The van der Waals surface area contributed by atoms with E-state index in [0.717, 1.165) is 109 Å². The van der Waals surface area contributed by atoms with Crippen molar-refractivity contribution in [3.8, 4) is 16.8 Å². The summed E-state index contributed by atoms with van der Waals surface area (Å²) in [5.74, 6) is -0.0787. The Morgan fingerprint density at radius 1 is 0.466 bits per heavy atom. The number of rotatable bonds is 1. The summed E-state index contributed by atoms with van der Waals surface area (Å²) in [5, 5.41) is 11.2. The van der Waals surface area contributed by atoms with Gasteiger partial charge in [0.25, 0.3) is 0 Å². The number of carbonyl (C=O) groups excluding carboxylic acids is 1. The predicted octanol–water partition coefficient (Wildman–Crippen LogP) is 20.3. The van der Waals surface area contributed by atoms with Gasteiger partial charge in [0.15, 0.2) is 0 Å². The molecule has 354 valence electrons. The SMILES string of the molecule is Brc1cccc2c1oc1cc3c(cc12)oc1ccc(-n2c4ccccc4c4ccccc42)cc13.Brc1cccc2c1oc1cc3c(cc12)oc1ccc(I)cc13.[2H]CC(C)=O.[HH].c1ccc2c(c1)Cc1ccccc1-2. The van der Waals surface area contributed by atoms with Gasteiger partial charge in [-0.05, 0) is 182 Å². The first-order valence-corrected chi connectivity index (χ1v) is 26.4. The number of Topliss-reactive ketones (excluding diaryl/α,β-unsaturated/α-hetero) is 1. The maximum absolute atomic E-state index is 9.62. The third kappa shape index (κ3) is 7.92. The van der Waals surface area contributed by atoms with E-state index in [0.29, 0.717) is 0 Å². The largest absolute Gasteiger partial charge is 0.456 e. The molecule has 0 amide bonds. The Morgan fingerprint density at radius 3 is 1.40 bits per heavy atom. The molecule has 0 atom stereocenters. The molecular formula is C64H42Br2INO5. The number of para-hydroxylation sites is 4. The lowest BCUT2D eigenvalue weighted by molar-refractivity contribution is -0.115. The van der Waals surface area contributed by atoms with Gasteiger partial charge in [-0.1, -0.05) is 109 Å². The van der Waals surface area contributed by atoms with Crippen molar-refractivity contribution in [2.45, 2.75) is 20.2 Å². The quantitative estimate of drug-likeness (QED) is 0.153. The van der Waals surface area contributed by atoms with Gasteiger partial charge in [-0.15, -0.1) is 0 Å². The molecule has 0 N–H and O–H groups in total.